The lowest BCUT2D eigenvalue weighted by atomic mass is 10.1. The molecule has 0 fully saturated rings. The lowest BCUT2D eigenvalue weighted by molar-refractivity contribution is -0.173. The number of anilines is 1. The Morgan fingerprint density at radius 1 is 1.22 bits per heavy atom. The quantitative estimate of drug-likeness (QED) is 0.367. The third-order valence-electron chi connectivity index (χ3n) is 2.79. The summed E-state index contributed by atoms with van der Waals surface area (Å²) in [6.45, 7) is 1.99. The monoisotopic (exact) mass is 277 g/mol. The van der Waals surface area contributed by atoms with Gasteiger partial charge in [-0.05, 0) is 31.2 Å². The second-order valence-corrected chi connectivity index (χ2v) is 5.20. The van der Waals surface area contributed by atoms with Gasteiger partial charge in [-0.15, -0.1) is 11.3 Å². The van der Waals surface area contributed by atoms with Gasteiger partial charge < -0.3 is 18.1 Å². The summed E-state index contributed by atoms with van der Waals surface area (Å²) in [5.74, 6) is 0. The maximum absolute atomic E-state index is 5.91. The minimum Gasteiger partial charge on any atom is -1.00 e. The topological polar surface area (TPSA) is 64.5 Å². The minimum atomic E-state index is 0. The zero-order valence-electron chi connectivity index (χ0n) is 9.77. The van der Waals surface area contributed by atoms with E-state index >= 15 is 0 Å². The van der Waals surface area contributed by atoms with E-state index in [2.05, 4.69) is 4.98 Å². The highest BCUT2D eigenvalue weighted by molar-refractivity contribution is 7.21. The number of aryl methyl sites for hydroxylation is 1. The number of aromatic nitrogens is 1. The average Bonchev–Trinajstić information content (AvgIpc) is 2.28. The van der Waals surface area contributed by atoms with Crippen LogP contribution in [0.1, 0.15) is 5.56 Å². The molecule has 1 aliphatic heterocycles. The van der Waals surface area contributed by atoms with E-state index < -0.39 is 0 Å². The fourth-order valence-electron chi connectivity index (χ4n) is 1.81. The SMILES string of the molecule is Cc1cc2nc3ccc(N)cc3sc-2cc1=[NH2+].[Cl-]. The number of rotatable bonds is 0. The predicted molar refractivity (Wildman–Crippen MR) is 70.5 cm³/mol. The number of nitrogens with two attached hydrogens (primary N) is 2. The molecule has 2 aliphatic rings. The maximum atomic E-state index is 5.91. The normalized spacial score (nSPS) is 10.5. The zero-order valence-corrected chi connectivity index (χ0v) is 11.3. The molecule has 0 saturated heterocycles. The molecule has 0 aromatic heterocycles. The standard InChI is InChI=1S/C13H11N3S.ClH/c1-7-4-11-13(6-9(7)15)17-12-5-8(14)2-3-10(12)16-11;/h2-6,15H,14H2,1H3;1H. The van der Waals surface area contributed by atoms with Gasteiger partial charge in [0.1, 0.15) is 0 Å². The highest BCUT2D eigenvalue weighted by atomic mass is 35.5. The lowest BCUT2D eigenvalue weighted by Gasteiger charge is -2.06. The van der Waals surface area contributed by atoms with Crippen molar-refractivity contribution in [3.8, 4) is 10.6 Å². The molecule has 3 nitrogen and oxygen atoms in total. The predicted octanol–water partition coefficient (Wildman–Crippen LogP) is -2.04. The third-order valence-corrected chi connectivity index (χ3v) is 3.89. The first-order chi connectivity index (χ1) is 8.13. The first kappa shape index (κ1) is 12.8. The van der Waals surface area contributed by atoms with Crippen molar-refractivity contribution in [1.82, 2.24) is 4.98 Å². The van der Waals surface area contributed by atoms with Crippen LogP contribution in [0.2, 0.25) is 0 Å². The molecule has 18 heavy (non-hydrogen) atoms. The van der Waals surface area contributed by atoms with Gasteiger partial charge >= 0.3 is 0 Å². The molecule has 1 aromatic carbocycles. The van der Waals surface area contributed by atoms with Gasteiger partial charge in [0, 0.05) is 17.3 Å². The molecule has 0 amide bonds. The molecule has 4 N–H and O–H groups in total. The molecule has 0 radical (unpaired) electrons. The van der Waals surface area contributed by atoms with E-state index in [0.717, 1.165) is 37.4 Å². The second kappa shape index (κ2) is 4.55. The van der Waals surface area contributed by atoms with Crippen LogP contribution in [-0.4, -0.2) is 4.98 Å². The van der Waals surface area contributed by atoms with Crippen LogP contribution in [0.3, 0.4) is 0 Å². The highest BCUT2D eigenvalue weighted by Gasteiger charge is 2.09. The summed E-state index contributed by atoms with van der Waals surface area (Å²) in [6.07, 6.45) is 0. The van der Waals surface area contributed by atoms with Gasteiger partial charge in [-0.1, -0.05) is 0 Å². The third kappa shape index (κ3) is 2.05. The number of benzene rings is 2. The smallest absolute Gasteiger partial charge is 0.201 e. The van der Waals surface area contributed by atoms with Gasteiger partial charge in [-0.25, -0.2) is 4.98 Å². The fourth-order valence-corrected chi connectivity index (χ4v) is 2.86. The number of fused-ring (bicyclic) bond motifs is 2. The van der Waals surface area contributed by atoms with E-state index in [-0.39, 0.29) is 12.4 Å². The van der Waals surface area contributed by atoms with Crippen LogP contribution in [0, 0.1) is 6.92 Å². The molecular weight excluding hydrogens is 266 g/mol. The summed E-state index contributed by atoms with van der Waals surface area (Å²) in [7, 11) is 0. The Labute approximate surface area is 115 Å². The van der Waals surface area contributed by atoms with Crippen molar-refractivity contribution in [1.29, 1.82) is 0 Å². The van der Waals surface area contributed by atoms with E-state index in [1.165, 1.54) is 0 Å². The summed E-state index contributed by atoms with van der Waals surface area (Å²) in [5.41, 5.74) is 9.56. The van der Waals surface area contributed by atoms with Crippen molar-refractivity contribution in [2.75, 3.05) is 5.73 Å². The molecule has 5 heteroatoms. The number of nitrogens with zero attached hydrogens (tertiary/aromatic N) is 1. The molecule has 0 atom stereocenters. The highest BCUT2D eigenvalue weighted by Crippen LogP contribution is 2.30. The van der Waals surface area contributed by atoms with Crippen LogP contribution in [0.15, 0.2) is 30.3 Å². The molecule has 3 rings (SSSR count). The maximum Gasteiger partial charge on any atom is 0.201 e. The van der Waals surface area contributed by atoms with Crippen LogP contribution in [-0.2, 0) is 0 Å². The van der Waals surface area contributed by atoms with Crippen molar-refractivity contribution in [2.45, 2.75) is 6.92 Å². The van der Waals surface area contributed by atoms with Crippen molar-refractivity contribution >= 4 is 27.2 Å². The van der Waals surface area contributed by atoms with Gasteiger partial charge in [0.15, 0.2) is 0 Å². The average molecular weight is 278 g/mol. The van der Waals surface area contributed by atoms with Crippen LogP contribution >= 0.6 is 11.3 Å². The van der Waals surface area contributed by atoms with Crippen LogP contribution in [0.5, 0.6) is 0 Å². The van der Waals surface area contributed by atoms with Crippen molar-refractivity contribution in [3.05, 3.63) is 41.3 Å². The molecule has 0 spiro atoms. The summed E-state index contributed by atoms with van der Waals surface area (Å²) in [6, 6.07) is 9.77. The summed E-state index contributed by atoms with van der Waals surface area (Å²) < 4.78 is 1.08. The minimum absolute atomic E-state index is 0. The number of nitrogen functional groups attached to an aromatic ring is 1. The Bertz CT molecular complexity index is 751. The van der Waals surface area contributed by atoms with E-state index in [4.69, 9.17) is 11.1 Å². The molecule has 0 bridgehead atoms. The molecule has 0 saturated carbocycles. The first-order valence-corrected chi connectivity index (χ1v) is 6.14. The molecule has 1 heterocycles. The second-order valence-electron chi connectivity index (χ2n) is 4.12. The van der Waals surface area contributed by atoms with Crippen molar-refractivity contribution in [3.63, 3.8) is 0 Å². The Hall–Kier alpha value is -1.65. The molecule has 92 valence electrons. The first-order valence-electron chi connectivity index (χ1n) is 5.33. The van der Waals surface area contributed by atoms with Gasteiger partial charge in [-0.2, -0.15) is 0 Å². The summed E-state index contributed by atoms with van der Waals surface area (Å²) in [4.78, 5) is 5.71. The molecular formula is C13H12ClN3S. The van der Waals surface area contributed by atoms with E-state index in [0.29, 0.717) is 0 Å². The van der Waals surface area contributed by atoms with Gasteiger partial charge in [-0.3, -0.25) is 5.41 Å². The van der Waals surface area contributed by atoms with Crippen molar-refractivity contribution < 1.29 is 17.8 Å². The molecule has 1 aromatic rings. The zero-order chi connectivity index (χ0) is 12.0. The Morgan fingerprint density at radius 2 is 2.00 bits per heavy atom. The van der Waals surface area contributed by atoms with E-state index in [1.54, 1.807) is 11.3 Å². The summed E-state index contributed by atoms with van der Waals surface area (Å²) in [5, 5.41) is 6.72. The van der Waals surface area contributed by atoms with Crippen molar-refractivity contribution in [2.24, 2.45) is 0 Å². The van der Waals surface area contributed by atoms with Gasteiger partial charge in [0.05, 0.1) is 20.8 Å². The van der Waals surface area contributed by atoms with E-state index in [1.807, 2.05) is 37.3 Å². The lowest BCUT2D eigenvalue weighted by Crippen LogP contribution is -3.00. The largest absolute Gasteiger partial charge is 1.00 e. The number of halogens is 1. The van der Waals surface area contributed by atoms with Crippen LogP contribution in [0.4, 0.5) is 5.69 Å². The number of hydrogen-bond donors (Lipinski definition) is 2. The van der Waals surface area contributed by atoms with Crippen LogP contribution < -0.4 is 28.9 Å². The molecule has 0 unspecified atom stereocenters. The Kier molecular flexibility index (Phi) is 3.24. The van der Waals surface area contributed by atoms with Gasteiger partial charge in [0.2, 0.25) is 5.36 Å². The molecule has 1 aliphatic carbocycles. The Morgan fingerprint density at radius 3 is 2.78 bits per heavy atom. The van der Waals surface area contributed by atoms with Crippen LogP contribution in [0.25, 0.3) is 20.8 Å². The van der Waals surface area contributed by atoms with Gasteiger partial charge in [0.25, 0.3) is 0 Å². The summed E-state index contributed by atoms with van der Waals surface area (Å²) >= 11 is 1.67. The van der Waals surface area contributed by atoms with E-state index in [9.17, 15) is 0 Å². The Balaban J connectivity index is 0.00000120. The number of hydrogen-bond acceptors (Lipinski definition) is 3. The fraction of sp³-hybridized carbons (Fsp3) is 0.0769.